The fourth-order valence-corrected chi connectivity index (χ4v) is 3.90. The van der Waals surface area contributed by atoms with Crippen molar-refractivity contribution in [3.63, 3.8) is 0 Å². The minimum Gasteiger partial charge on any atom is -0.388 e. The van der Waals surface area contributed by atoms with Crippen LogP contribution in [-0.4, -0.2) is 69.5 Å². The van der Waals surface area contributed by atoms with Gasteiger partial charge < -0.3 is 14.9 Å². The zero-order valence-electron chi connectivity index (χ0n) is 14.8. The van der Waals surface area contributed by atoms with Gasteiger partial charge in [0.15, 0.2) is 0 Å². The van der Waals surface area contributed by atoms with Crippen LogP contribution in [0.1, 0.15) is 25.5 Å². The topological polar surface area (TPSA) is 107 Å². The highest BCUT2D eigenvalue weighted by atomic mass is 16.6. The van der Waals surface area contributed by atoms with Gasteiger partial charge in [-0.15, -0.1) is 0 Å². The highest BCUT2D eigenvalue weighted by molar-refractivity contribution is 5.74. The molecule has 2 aliphatic heterocycles. The Kier molecular flexibility index (Phi) is 4.68. The van der Waals surface area contributed by atoms with E-state index in [1.165, 1.54) is 38.1 Å². The molecule has 1 aromatic rings. The Morgan fingerprint density at radius 1 is 1.08 bits per heavy atom. The zero-order chi connectivity index (χ0) is 19.1. The van der Waals surface area contributed by atoms with Gasteiger partial charge in [-0.1, -0.05) is 0 Å². The van der Waals surface area contributed by atoms with E-state index in [1.807, 2.05) is 4.90 Å². The molecule has 2 fully saturated rings. The van der Waals surface area contributed by atoms with Crippen molar-refractivity contribution in [3.05, 3.63) is 39.9 Å². The Hall–Kier alpha value is -2.52. The molecule has 0 aliphatic carbocycles. The Morgan fingerprint density at radius 3 is 2.00 bits per heavy atom. The first kappa shape index (κ1) is 18.3. The summed E-state index contributed by atoms with van der Waals surface area (Å²) in [7, 11) is 0. The first-order valence-corrected chi connectivity index (χ1v) is 8.38. The maximum Gasteiger partial charge on any atom is 0.269 e. The summed E-state index contributed by atoms with van der Waals surface area (Å²) in [5.41, 5.74) is -0.265. The molecule has 0 unspecified atom stereocenters. The number of hydrogen-bond acceptors (Lipinski definition) is 6. The molecule has 3 rings (SSSR count). The molecule has 2 saturated heterocycles. The van der Waals surface area contributed by atoms with Crippen LogP contribution in [0.5, 0.6) is 0 Å². The van der Waals surface area contributed by atoms with Crippen LogP contribution >= 0.6 is 0 Å². The number of hydrogen-bond donors (Lipinski definition) is 1. The van der Waals surface area contributed by atoms with Crippen LogP contribution in [0.25, 0.3) is 0 Å². The molecular formula is C17H22N4O5. The normalized spacial score (nSPS) is 26.3. The average molecular weight is 362 g/mol. The van der Waals surface area contributed by atoms with E-state index in [0.717, 1.165) is 0 Å². The summed E-state index contributed by atoms with van der Waals surface area (Å²) in [5, 5.41) is 21.9. The summed E-state index contributed by atoms with van der Waals surface area (Å²) in [6.07, 6.45) is -0.963. The molecule has 2 bridgehead atoms. The minimum atomic E-state index is -0.963. The molecule has 1 atom stereocenters. The highest BCUT2D eigenvalue weighted by Gasteiger charge is 2.50. The summed E-state index contributed by atoms with van der Waals surface area (Å²) in [5.74, 6) is -0.183. The number of fused-ring (bicyclic) bond motifs is 2. The quantitative estimate of drug-likeness (QED) is 0.622. The maximum absolute atomic E-state index is 11.9. The molecule has 9 heteroatoms. The van der Waals surface area contributed by atoms with E-state index >= 15 is 0 Å². The predicted octanol–water partition coefficient (Wildman–Crippen LogP) is 0.556. The van der Waals surface area contributed by atoms with E-state index < -0.39 is 16.4 Å². The largest absolute Gasteiger partial charge is 0.388 e. The number of non-ortho nitro benzene ring substituents is 1. The molecule has 26 heavy (non-hydrogen) atoms. The number of nitrogens with zero attached hydrogens (tertiary/aromatic N) is 4. The lowest BCUT2D eigenvalue weighted by atomic mass is 9.75. The summed E-state index contributed by atoms with van der Waals surface area (Å²) < 4.78 is 0. The monoisotopic (exact) mass is 362 g/mol. The standard InChI is InChI=1S/C17H22N4O5/c1-12(22)19-8-17(7-18(10-19)11-20(9-17)13(2)23)16(24)14-3-5-15(6-4-14)21(25)26/h3-6,16,24H,7-11H2,1-2H3/t16-/m0/s1. The molecule has 1 N–H and O–H groups in total. The number of nitro groups is 1. The number of amides is 2. The number of carbonyl (C=O) groups excluding carboxylic acids is 2. The first-order valence-electron chi connectivity index (χ1n) is 8.38. The van der Waals surface area contributed by atoms with Crippen molar-refractivity contribution in [2.24, 2.45) is 5.41 Å². The molecule has 9 nitrogen and oxygen atoms in total. The van der Waals surface area contributed by atoms with Crippen molar-refractivity contribution in [3.8, 4) is 0 Å². The third-order valence-corrected chi connectivity index (χ3v) is 5.18. The van der Waals surface area contributed by atoms with Crippen LogP contribution in [-0.2, 0) is 9.59 Å². The van der Waals surface area contributed by atoms with Gasteiger partial charge >= 0.3 is 0 Å². The van der Waals surface area contributed by atoms with Crippen LogP contribution in [0.2, 0.25) is 0 Å². The van der Waals surface area contributed by atoms with Gasteiger partial charge in [0.25, 0.3) is 5.69 Å². The van der Waals surface area contributed by atoms with Crippen LogP contribution in [0.15, 0.2) is 24.3 Å². The van der Waals surface area contributed by atoms with E-state index in [9.17, 15) is 24.8 Å². The van der Waals surface area contributed by atoms with Gasteiger partial charge in [0, 0.05) is 51.0 Å². The Balaban J connectivity index is 1.94. The maximum atomic E-state index is 11.9. The van der Waals surface area contributed by atoms with Crippen LogP contribution < -0.4 is 0 Å². The lowest BCUT2D eigenvalue weighted by molar-refractivity contribution is -0.384. The lowest BCUT2D eigenvalue weighted by Crippen LogP contribution is -2.68. The Bertz CT molecular complexity index is 709. The number of rotatable bonds is 3. The van der Waals surface area contributed by atoms with Crippen molar-refractivity contribution in [1.29, 1.82) is 0 Å². The van der Waals surface area contributed by atoms with Crippen molar-refractivity contribution in [1.82, 2.24) is 14.7 Å². The second-order valence-electron chi connectivity index (χ2n) is 7.16. The van der Waals surface area contributed by atoms with Gasteiger partial charge in [-0.25, -0.2) is 0 Å². The SMILES string of the molecule is CC(=O)N1CN2CN(C(C)=O)CC([C@@H](O)c3ccc([N+](=O)[O-])cc3)(C2)C1. The van der Waals surface area contributed by atoms with E-state index in [2.05, 4.69) is 0 Å². The van der Waals surface area contributed by atoms with E-state index in [4.69, 9.17) is 0 Å². The van der Waals surface area contributed by atoms with Gasteiger partial charge in [0.05, 0.1) is 24.4 Å². The molecule has 1 aromatic carbocycles. The van der Waals surface area contributed by atoms with Crippen molar-refractivity contribution in [2.75, 3.05) is 33.0 Å². The number of aliphatic hydroxyl groups excluding tert-OH is 1. The van der Waals surface area contributed by atoms with Gasteiger partial charge in [-0.2, -0.15) is 0 Å². The van der Waals surface area contributed by atoms with E-state index in [-0.39, 0.29) is 17.5 Å². The summed E-state index contributed by atoms with van der Waals surface area (Å²) in [4.78, 5) is 39.5. The molecule has 0 aromatic heterocycles. The predicted molar refractivity (Wildman–Crippen MR) is 91.7 cm³/mol. The van der Waals surface area contributed by atoms with E-state index in [0.29, 0.717) is 38.5 Å². The number of aliphatic hydroxyl groups is 1. The van der Waals surface area contributed by atoms with Crippen molar-refractivity contribution in [2.45, 2.75) is 20.0 Å². The molecule has 2 amide bonds. The fourth-order valence-electron chi connectivity index (χ4n) is 3.90. The molecule has 2 heterocycles. The Labute approximate surface area is 150 Å². The third-order valence-electron chi connectivity index (χ3n) is 5.18. The van der Waals surface area contributed by atoms with Gasteiger partial charge in [-0.05, 0) is 17.7 Å². The van der Waals surface area contributed by atoms with Crippen molar-refractivity contribution >= 4 is 17.5 Å². The number of nitro benzene ring substituents is 1. The van der Waals surface area contributed by atoms with E-state index in [1.54, 1.807) is 9.80 Å². The highest BCUT2D eigenvalue weighted by Crippen LogP contribution is 2.42. The third kappa shape index (κ3) is 3.27. The summed E-state index contributed by atoms with van der Waals surface area (Å²) in [6, 6.07) is 5.76. The molecule has 0 radical (unpaired) electrons. The van der Waals surface area contributed by atoms with Gasteiger partial charge in [0.2, 0.25) is 11.8 Å². The molecule has 140 valence electrons. The summed E-state index contributed by atoms with van der Waals surface area (Å²) >= 11 is 0. The van der Waals surface area contributed by atoms with Crippen LogP contribution in [0.3, 0.4) is 0 Å². The molecular weight excluding hydrogens is 340 g/mol. The fraction of sp³-hybridized carbons (Fsp3) is 0.529. The smallest absolute Gasteiger partial charge is 0.269 e. The van der Waals surface area contributed by atoms with Crippen molar-refractivity contribution < 1.29 is 19.6 Å². The second-order valence-corrected chi connectivity index (χ2v) is 7.16. The van der Waals surface area contributed by atoms with Gasteiger partial charge in [-0.3, -0.25) is 24.6 Å². The first-order chi connectivity index (χ1) is 12.2. The molecule has 0 spiro atoms. The van der Waals surface area contributed by atoms with Gasteiger partial charge in [0.1, 0.15) is 0 Å². The second kappa shape index (κ2) is 6.65. The number of carbonyl (C=O) groups is 2. The lowest BCUT2D eigenvalue weighted by Gasteiger charge is -2.56. The molecule has 2 aliphatic rings. The Morgan fingerprint density at radius 2 is 1.58 bits per heavy atom. The minimum absolute atomic E-state index is 0.0527. The zero-order valence-corrected chi connectivity index (χ0v) is 14.8. The average Bonchev–Trinajstić information content (AvgIpc) is 2.60. The number of benzene rings is 1. The van der Waals surface area contributed by atoms with Crippen LogP contribution in [0, 0.1) is 15.5 Å². The van der Waals surface area contributed by atoms with Crippen LogP contribution in [0.4, 0.5) is 5.69 Å². The summed E-state index contributed by atoms with van der Waals surface area (Å²) in [6.45, 7) is 4.97. The molecule has 0 saturated carbocycles.